The third-order valence-electron chi connectivity index (χ3n) is 3.64. The van der Waals surface area contributed by atoms with Crippen molar-refractivity contribution in [2.45, 2.75) is 45.4 Å². The molecule has 0 saturated carbocycles. The second kappa shape index (κ2) is 6.80. The Hall–Kier alpha value is -1.48. The second-order valence-electron chi connectivity index (χ2n) is 5.06. The predicted molar refractivity (Wildman–Crippen MR) is 83.9 cm³/mol. The van der Waals surface area contributed by atoms with Crippen molar-refractivity contribution in [3.8, 4) is 11.1 Å². The number of anilines is 1. The lowest BCUT2D eigenvalue weighted by atomic mass is 9.91. The molecular formula is C16H21ClN2O. The maximum Gasteiger partial charge on any atom is 0.230 e. The van der Waals surface area contributed by atoms with Crippen molar-refractivity contribution in [2.24, 2.45) is 0 Å². The van der Waals surface area contributed by atoms with Crippen molar-refractivity contribution in [3.05, 3.63) is 35.0 Å². The van der Waals surface area contributed by atoms with Crippen LogP contribution in [0.2, 0.25) is 5.02 Å². The number of nitrogens with zero attached hydrogens (tertiary/aromatic N) is 1. The molecule has 1 heterocycles. The quantitative estimate of drug-likeness (QED) is 0.790. The van der Waals surface area contributed by atoms with Crippen molar-refractivity contribution >= 4 is 17.5 Å². The van der Waals surface area contributed by atoms with Crippen LogP contribution in [0.25, 0.3) is 11.1 Å². The molecule has 1 aromatic carbocycles. The van der Waals surface area contributed by atoms with E-state index in [0.717, 1.165) is 29.7 Å². The summed E-state index contributed by atoms with van der Waals surface area (Å²) in [5.41, 5.74) is 8.80. The molecule has 0 fully saturated rings. The van der Waals surface area contributed by atoms with Gasteiger partial charge in [0.2, 0.25) is 5.88 Å². The molecule has 0 aliphatic rings. The van der Waals surface area contributed by atoms with E-state index in [2.05, 4.69) is 19.0 Å². The summed E-state index contributed by atoms with van der Waals surface area (Å²) in [6, 6.07) is 7.66. The molecule has 0 aliphatic heterocycles. The van der Waals surface area contributed by atoms with Gasteiger partial charge in [-0.15, -0.1) is 0 Å². The number of rotatable bonds is 6. The molecule has 2 N–H and O–H groups in total. The highest BCUT2D eigenvalue weighted by Gasteiger charge is 2.22. The summed E-state index contributed by atoms with van der Waals surface area (Å²) >= 11 is 6.07. The highest BCUT2D eigenvalue weighted by molar-refractivity contribution is 6.30. The fourth-order valence-electron chi connectivity index (χ4n) is 2.51. The minimum atomic E-state index is 0.372. The topological polar surface area (TPSA) is 52.0 Å². The maximum absolute atomic E-state index is 6.07. The van der Waals surface area contributed by atoms with Gasteiger partial charge in [0.25, 0.3) is 0 Å². The molecule has 2 aromatic rings. The van der Waals surface area contributed by atoms with Gasteiger partial charge in [-0.1, -0.05) is 55.6 Å². The van der Waals surface area contributed by atoms with Crippen LogP contribution in [0.1, 0.15) is 51.1 Å². The maximum atomic E-state index is 6.07. The van der Waals surface area contributed by atoms with Crippen LogP contribution < -0.4 is 5.73 Å². The van der Waals surface area contributed by atoms with Gasteiger partial charge in [0.05, 0.1) is 11.3 Å². The third-order valence-corrected chi connectivity index (χ3v) is 3.88. The van der Waals surface area contributed by atoms with Crippen molar-refractivity contribution in [2.75, 3.05) is 5.73 Å². The van der Waals surface area contributed by atoms with E-state index in [1.807, 2.05) is 24.3 Å². The minimum absolute atomic E-state index is 0.372. The van der Waals surface area contributed by atoms with Crippen LogP contribution in [0.5, 0.6) is 0 Å². The largest absolute Gasteiger partial charge is 0.367 e. The first-order chi connectivity index (χ1) is 9.67. The van der Waals surface area contributed by atoms with E-state index in [0.29, 0.717) is 16.8 Å². The first-order valence-corrected chi connectivity index (χ1v) is 7.56. The van der Waals surface area contributed by atoms with Crippen molar-refractivity contribution in [3.63, 3.8) is 0 Å². The standard InChI is InChI=1S/C16H21ClN2O/c1-3-5-7-11(4-2)15-14(16(18)20-19-15)12-8-6-9-13(17)10-12/h6,8-11H,3-5,7,18H2,1-2H3. The number of unbranched alkanes of at least 4 members (excludes halogenated alkanes) is 1. The predicted octanol–water partition coefficient (Wildman–Crippen LogP) is 5.26. The van der Waals surface area contributed by atoms with E-state index < -0.39 is 0 Å². The third kappa shape index (κ3) is 3.15. The minimum Gasteiger partial charge on any atom is -0.367 e. The fourth-order valence-corrected chi connectivity index (χ4v) is 2.70. The number of benzene rings is 1. The van der Waals surface area contributed by atoms with E-state index in [4.69, 9.17) is 21.9 Å². The molecule has 20 heavy (non-hydrogen) atoms. The molecule has 1 atom stereocenters. The molecular weight excluding hydrogens is 272 g/mol. The lowest BCUT2D eigenvalue weighted by molar-refractivity contribution is 0.412. The van der Waals surface area contributed by atoms with Gasteiger partial charge in [-0.2, -0.15) is 0 Å². The van der Waals surface area contributed by atoms with E-state index >= 15 is 0 Å². The molecule has 1 unspecified atom stereocenters. The summed E-state index contributed by atoms with van der Waals surface area (Å²) in [5, 5.41) is 4.89. The van der Waals surface area contributed by atoms with Crippen LogP contribution in [0.15, 0.2) is 28.8 Å². The number of aromatic nitrogens is 1. The number of halogens is 1. The monoisotopic (exact) mass is 292 g/mol. The van der Waals surface area contributed by atoms with Crippen LogP contribution in [-0.2, 0) is 0 Å². The van der Waals surface area contributed by atoms with Crippen LogP contribution in [0.4, 0.5) is 5.88 Å². The average Bonchev–Trinajstić information content (AvgIpc) is 2.82. The number of hydrogen-bond acceptors (Lipinski definition) is 3. The van der Waals surface area contributed by atoms with Crippen LogP contribution >= 0.6 is 11.6 Å². The average molecular weight is 293 g/mol. The molecule has 2 rings (SSSR count). The van der Waals surface area contributed by atoms with Crippen molar-refractivity contribution in [1.29, 1.82) is 0 Å². The molecule has 108 valence electrons. The first-order valence-electron chi connectivity index (χ1n) is 7.18. The number of hydrogen-bond donors (Lipinski definition) is 1. The molecule has 0 radical (unpaired) electrons. The van der Waals surface area contributed by atoms with Crippen molar-refractivity contribution < 1.29 is 4.52 Å². The van der Waals surface area contributed by atoms with E-state index in [-0.39, 0.29) is 0 Å². The number of nitrogen functional groups attached to an aromatic ring is 1. The van der Waals surface area contributed by atoms with E-state index in [1.165, 1.54) is 12.8 Å². The Morgan fingerprint density at radius 3 is 2.80 bits per heavy atom. The van der Waals surface area contributed by atoms with Crippen LogP contribution in [0.3, 0.4) is 0 Å². The van der Waals surface area contributed by atoms with Crippen molar-refractivity contribution in [1.82, 2.24) is 5.16 Å². The Bertz CT molecular complexity index is 565. The SMILES string of the molecule is CCCCC(CC)c1noc(N)c1-c1cccc(Cl)c1. The smallest absolute Gasteiger partial charge is 0.230 e. The van der Waals surface area contributed by atoms with Gasteiger partial charge in [-0.3, -0.25) is 0 Å². The van der Waals surface area contributed by atoms with Gasteiger partial charge in [-0.05, 0) is 30.5 Å². The zero-order valence-corrected chi connectivity index (χ0v) is 12.8. The zero-order valence-electron chi connectivity index (χ0n) is 12.0. The fraction of sp³-hybridized carbons (Fsp3) is 0.438. The summed E-state index contributed by atoms with van der Waals surface area (Å²) in [6.07, 6.45) is 4.49. The molecule has 0 amide bonds. The summed E-state index contributed by atoms with van der Waals surface area (Å²) < 4.78 is 5.24. The second-order valence-corrected chi connectivity index (χ2v) is 5.50. The molecule has 0 saturated heterocycles. The molecule has 0 aliphatic carbocycles. The Labute approximate surface area is 125 Å². The summed E-state index contributed by atoms with van der Waals surface area (Å²) in [4.78, 5) is 0. The summed E-state index contributed by atoms with van der Waals surface area (Å²) in [6.45, 7) is 4.37. The van der Waals surface area contributed by atoms with E-state index in [9.17, 15) is 0 Å². The Morgan fingerprint density at radius 1 is 1.35 bits per heavy atom. The van der Waals surface area contributed by atoms with E-state index in [1.54, 1.807) is 0 Å². The lowest BCUT2D eigenvalue weighted by Gasteiger charge is -2.13. The molecule has 1 aromatic heterocycles. The summed E-state index contributed by atoms with van der Waals surface area (Å²) in [7, 11) is 0. The molecule has 3 nitrogen and oxygen atoms in total. The normalized spacial score (nSPS) is 12.6. The van der Waals surface area contributed by atoms with Gasteiger partial charge < -0.3 is 10.3 Å². The van der Waals surface area contributed by atoms with Gasteiger partial charge in [0, 0.05) is 10.9 Å². The highest BCUT2D eigenvalue weighted by Crippen LogP contribution is 2.37. The Morgan fingerprint density at radius 2 is 2.15 bits per heavy atom. The van der Waals surface area contributed by atoms with Crippen LogP contribution in [0, 0.1) is 0 Å². The van der Waals surface area contributed by atoms with Gasteiger partial charge in [0.15, 0.2) is 0 Å². The Kier molecular flexibility index (Phi) is 5.07. The van der Waals surface area contributed by atoms with Gasteiger partial charge in [-0.25, -0.2) is 0 Å². The number of nitrogens with two attached hydrogens (primary N) is 1. The molecule has 0 spiro atoms. The van der Waals surface area contributed by atoms with Crippen LogP contribution in [-0.4, -0.2) is 5.16 Å². The lowest BCUT2D eigenvalue weighted by Crippen LogP contribution is -2.00. The summed E-state index contributed by atoms with van der Waals surface area (Å²) in [5.74, 6) is 0.752. The molecule has 0 bridgehead atoms. The van der Waals surface area contributed by atoms with Gasteiger partial charge >= 0.3 is 0 Å². The highest BCUT2D eigenvalue weighted by atomic mass is 35.5. The zero-order chi connectivity index (χ0) is 14.5. The van der Waals surface area contributed by atoms with Gasteiger partial charge in [0.1, 0.15) is 0 Å². The molecule has 4 heteroatoms. The Balaban J connectivity index is 2.40. The first kappa shape index (κ1) is 14.9.